The first-order valence-electron chi connectivity index (χ1n) is 2.83. The molecule has 0 spiro atoms. The van der Waals surface area contributed by atoms with Crippen LogP contribution in [0.3, 0.4) is 0 Å². The Morgan fingerprint density at radius 1 is 1.67 bits per heavy atom. The first-order valence-corrected chi connectivity index (χ1v) is 2.83. The number of carbonyl (C=O) groups is 1. The number of primary amides is 1. The van der Waals surface area contributed by atoms with E-state index in [0.29, 0.717) is 0 Å². The summed E-state index contributed by atoms with van der Waals surface area (Å²) in [4.78, 5) is 10.4. The van der Waals surface area contributed by atoms with Crippen LogP contribution in [0.25, 0.3) is 0 Å². The van der Waals surface area contributed by atoms with Gasteiger partial charge in [-0.2, -0.15) is 0 Å². The van der Waals surface area contributed by atoms with E-state index in [1.54, 1.807) is 0 Å². The van der Waals surface area contributed by atoms with Gasteiger partial charge in [0.05, 0.1) is 6.04 Å². The minimum atomic E-state index is -0.220. The minimum Gasteiger partial charge on any atom is -0.368 e. The van der Waals surface area contributed by atoms with Gasteiger partial charge in [-0.15, -0.1) is 12.4 Å². The lowest BCUT2D eigenvalue weighted by Crippen LogP contribution is -2.36. The molecule has 1 atom stereocenters. The molecule has 0 bridgehead atoms. The first-order chi connectivity index (χ1) is 3.80. The van der Waals surface area contributed by atoms with Crippen molar-refractivity contribution in [3.8, 4) is 0 Å². The zero-order valence-electron chi connectivity index (χ0n) is 5.09. The summed E-state index contributed by atoms with van der Waals surface area (Å²) in [5, 5.41) is 2.98. The summed E-state index contributed by atoms with van der Waals surface area (Å²) in [5.74, 6) is -0.220. The number of nitrogens with two attached hydrogens (primary N) is 1. The summed E-state index contributed by atoms with van der Waals surface area (Å²) in [6.07, 6.45) is 1.99. The molecular weight excluding hydrogens is 140 g/mol. The number of halogens is 1. The van der Waals surface area contributed by atoms with Crippen molar-refractivity contribution in [1.29, 1.82) is 0 Å². The van der Waals surface area contributed by atoms with Crippen LogP contribution in [0.5, 0.6) is 0 Å². The van der Waals surface area contributed by atoms with Crippen LogP contribution in [0.4, 0.5) is 0 Å². The van der Waals surface area contributed by atoms with Crippen molar-refractivity contribution >= 4 is 18.3 Å². The van der Waals surface area contributed by atoms with E-state index in [2.05, 4.69) is 5.32 Å². The average molecular weight is 151 g/mol. The molecule has 3 nitrogen and oxygen atoms in total. The molecule has 1 rings (SSSR count). The fourth-order valence-corrected chi connectivity index (χ4v) is 0.927. The van der Waals surface area contributed by atoms with Gasteiger partial charge in [0.25, 0.3) is 0 Å². The molecule has 54 valence electrons. The number of carbonyl (C=O) groups excluding carboxylic acids is 1. The fraction of sp³-hybridized carbons (Fsp3) is 0.800. The second kappa shape index (κ2) is 3.69. The normalized spacial score (nSPS) is 25.1. The van der Waals surface area contributed by atoms with Gasteiger partial charge in [-0.25, -0.2) is 0 Å². The van der Waals surface area contributed by atoms with E-state index < -0.39 is 0 Å². The van der Waals surface area contributed by atoms with Gasteiger partial charge in [0, 0.05) is 0 Å². The van der Waals surface area contributed by atoms with Crippen molar-refractivity contribution in [1.82, 2.24) is 5.32 Å². The van der Waals surface area contributed by atoms with Gasteiger partial charge in [-0.1, -0.05) is 0 Å². The third-order valence-electron chi connectivity index (χ3n) is 1.40. The second-order valence-electron chi connectivity index (χ2n) is 2.05. The van der Waals surface area contributed by atoms with Crippen molar-refractivity contribution < 1.29 is 4.79 Å². The van der Waals surface area contributed by atoms with Gasteiger partial charge in [0.1, 0.15) is 0 Å². The lowest BCUT2D eigenvalue weighted by Gasteiger charge is -2.01. The average Bonchev–Trinajstić information content (AvgIpc) is 2.12. The Hall–Kier alpha value is -0.280. The molecule has 0 aromatic carbocycles. The maximum atomic E-state index is 10.4. The third-order valence-corrected chi connectivity index (χ3v) is 1.40. The Bertz CT molecular complexity index is 101. The van der Waals surface area contributed by atoms with Gasteiger partial charge < -0.3 is 11.1 Å². The van der Waals surface area contributed by atoms with Crippen LogP contribution in [0.2, 0.25) is 0 Å². The standard InChI is InChI=1S/C5H10N2O.ClH/c6-5(8)4-2-1-3-7-4;/h4,7H,1-3H2,(H2,6,8);1H. The molecule has 1 fully saturated rings. The van der Waals surface area contributed by atoms with Crippen molar-refractivity contribution in [3.63, 3.8) is 0 Å². The molecule has 0 radical (unpaired) electrons. The monoisotopic (exact) mass is 150 g/mol. The lowest BCUT2D eigenvalue weighted by atomic mass is 10.2. The fourth-order valence-electron chi connectivity index (χ4n) is 0.927. The Morgan fingerprint density at radius 3 is 2.56 bits per heavy atom. The number of hydrogen-bond acceptors (Lipinski definition) is 2. The van der Waals surface area contributed by atoms with Crippen LogP contribution in [0.15, 0.2) is 0 Å². The van der Waals surface area contributed by atoms with Gasteiger partial charge in [-0.05, 0) is 19.4 Å². The topological polar surface area (TPSA) is 55.1 Å². The van der Waals surface area contributed by atoms with E-state index in [0.717, 1.165) is 19.4 Å². The summed E-state index contributed by atoms with van der Waals surface area (Å²) in [6, 6.07) is -0.0463. The molecule has 1 amide bonds. The van der Waals surface area contributed by atoms with E-state index in [-0.39, 0.29) is 24.4 Å². The zero-order chi connectivity index (χ0) is 5.98. The van der Waals surface area contributed by atoms with Crippen LogP contribution >= 0.6 is 12.4 Å². The van der Waals surface area contributed by atoms with E-state index in [9.17, 15) is 4.79 Å². The molecule has 0 aromatic heterocycles. The van der Waals surface area contributed by atoms with E-state index in [1.165, 1.54) is 0 Å². The highest BCUT2D eigenvalue weighted by Crippen LogP contribution is 2.02. The van der Waals surface area contributed by atoms with E-state index >= 15 is 0 Å². The van der Waals surface area contributed by atoms with Crippen LogP contribution < -0.4 is 11.1 Å². The van der Waals surface area contributed by atoms with Crippen LogP contribution in [0, 0.1) is 0 Å². The predicted molar refractivity (Wildman–Crippen MR) is 37.5 cm³/mol. The Balaban J connectivity index is 0.000000640. The Kier molecular flexibility index (Phi) is 3.58. The summed E-state index contributed by atoms with van der Waals surface area (Å²) in [5.41, 5.74) is 5.00. The molecular formula is C5H11ClN2O. The van der Waals surface area contributed by atoms with Gasteiger partial charge >= 0.3 is 0 Å². The van der Waals surface area contributed by atoms with Crippen molar-refractivity contribution in [3.05, 3.63) is 0 Å². The molecule has 1 unspecified atom stereocenters. The molecule has 4 heteroatoms. The molecule has 0 saturated carbocycles. The number of amides is 1. The van der Waals surface area contributed by atoms with Crippen LogP contribution in [-0.2, 0) is 4.79 Å². The van der Waals surface area contributed by atoms with Crippen LogP contribution in [0.1, 0.15) is 12.8 Å². The third kappa shape index (κ3) is 2.20. The number of rotatable bonds is 1. The molecule has 1 aliphatic rings. The molecule has 3 N–H and O–H groups in total. The van der Waals surface area contributed by atoms with Gasteiger partial charge in [0.2, 0.25) is 5.91 Å². The molecule has 0 aromatic rings. The highest BCUT2D eigenvalue weighted by atomic mass is 35.5. The Labute approximate surface area is 60.4 Å². The quantitative estimate of drug-likeness (QED) is 0.537. The number of nitrogens with one attached hydrogen (secondary N) is 1. The van der Waals surface area contributed by atoms with Gasteiger partial charge in [0.15, 0.2) is 0 Å². The molecule has 1 saturated heterocycles. The van der Waals surface area contributed by atoms with Gasteiger partial charge in [-0.3, -0.25) is 4.79 Å². The predicted octanol–water partition coefficient (Wildman–Crippen LogP) is -0.355. The largest absolute Gasteiger partial charge is 0.368 e. The Morgan fingerprint density at radius 2 is 2.33 bits per heavy atom. The highest BCUT2D eigenvalue weighted by molar-refractivity contribution is 5.85. The maximum Gasteiger partial charge on any atom is 0.234 e. The SMILES string of the molecule is Cl.NC(=O)C1CCCN1. The zero-order valence-corrected chi connectivity index (χ0v) is 5.91. The van der Waals surface area contributed by atoms with Crippen LogP contribution in [-0.4, -0.2) is 18.5 Å². The molecule has 0 aliphatic carbocycles. The summed E-state index contributed by atoms with van der Waals surface area (Å²) < 4.78 is 0. The summed E-state index contributed by atoms with van der Waals surface area (Å²) >= 11 is 0. The molecule has 9 heavy (non-hydrogen) atoms. The summed E-state index contributed by atoms with van der Waals surface area (Å²) in [7, 11) is 0. The molecule has 1 heterocycles. The summed E-state index contributed by atoms with van der Waals surface area (Å²) in [6.45, 7) is 0.938. The van der Waals surface area contributed by atoms with Crippen molar-refractivity contribution in [2.45, 2.75) is 18.9 Å². The maximum absolute atomic E-state index is 10.4. The minimum absolute atomic E-state index is 0. The highest BCUT2D eigenvalue weighted by Gasteiger charge is 2.18. The molecule has 1 aliphatic heterocycles. The first kappa shape index (κ1) is 8.72. The van der Waals surface area contributed by atoms with Crippen molar-refractivity contribution in [2.75, 3.05) is 6.54 Å². The van der Waals surface area contributed by atoms with Crippen molar-refractivity contribution in [2.24, 2.45) is 5.73 Å². The lowest BCUT2D eigenvalue weighted by molar-refractivity contribution is -0.119. The smallest absolute Gasteiger partial charge is 0.234 e. The number of hydrogen-bond donors (Lipinski definition) is 2. The van der Waals surface area contributed by atoms with E-state index in [1.807, 2.05) is 0 Å². The second-order valence-corrected chi connectivity index (χ2v) is 2.05. The van der Waals surface area contributed by atoms with E-state index in [4.69, 9.17) is 5.73 Å².